The lowest BCUT2D eigenvalue weighted by Crippen LogP contribution is -2.36. The van der Waals surface area contributed by atoms with Crippen LogP contribution in [0, 0.1) is 19.7 Å². The van der Waals surface area contributed by atoms with Gasteiger partial charge in [-0.3, -0.25) is 9.59 Å². The van der Waals surface area contributed by atoms with Gasteiger partial charge in [-0.2, -0.15) is 0 Å². The first-order valence-electron chi connectivity index (χ1n) is 7.47. The molecule has 0 spiro atoms. The van der Waals surface area contributed by atoms with E-state index in [1.54, 1.807) is 6.07 Å². The molecular formula is C18H19FN2O3. The first-order chi connectivity index (χ1) is 11.5. The maximum absolute atomic E-state index is 13.0. The fourth-order valence-electron chi connectivity index (χ4n) is 2.13. The molecule has 2 amide bonds. The summed E-state index contributed by atoms with van der Waals surface area (Å²) in [5.74, 6) is -0.978. The van der Waals surface area contributed by atoms with Crippen LogP contribution in [0.3, 0.4) is 0 Å². The number of carbonyl (C=O) groups excluding carboxylic acids is 2. The number of benzene rings is 2. The Morgan fingerprint density at radius 3 is 2.38 bits per heavy atom. The predicted octanol–water partition coefficient (Wildman–Crippen LogP) is 2.58. The lowest BCUT2D eigenvalue weighted by Gasteiger charge is -2.12. The minimum atomic E-state index is -0.462. The van der Waals surface area contributed by atoms with Gasteiger partial charge in [0.1, 0.15) is 11.6 Å². The number of amides is 2. The largest absolute Gasteiger partial charge is 0.484 e. The zero-order valence-corrected chi connectivity index (χ0v) is 13.6. The number of aryl methyl sites for hydroxylation is 2. The molecule has 0 radical (unpaired) electrons. The third kappa shape index (κ3) is 5.08. The van der Waals surface area contributed by atoms with Gasteiger partial charge in [-0.15, -0.1) is 0 Å². The molecule has 0 atom stereocenters. The summed E-state index contributed by atoms with van der Waals surface area (Å²) in [6.45, 7) is 3.33. The van der Waals surface area contributed by atoms with Crippen LogP contribution in [-0.4, -0.2) is 25.0 Å². The Kier molecular flexibility index (Phi) is 5.89. The monoisotopic (exact) mass is 330 g/mol. The second-order valence-electron chi connectivity index (χ2n) is 5.34. The number of ether oxygens (including phenoxy) is 1. The molecule has 0 aromatic heterocycles. The highest BCUT2D eigenvalue weighted by molar-refractivity contribution is 5.95. The molecule has 0 unspecified atom stereocenters. The Balaban J connectivity index is 1.78. The first kappa shape index (κ1) is 17.5. The Hall–Kier alpha value is -2.89. The van der Waals surface area contributed by atoms with Crippen molar-refractivity contribution in [3.8, 4) is 5.75 Å². The van der Waals surface area contributed by atoms with Gasteiger partial charge in [-0.1, -0.05) is 24.3 Å². The highest BCUT2D eigenvalue weighted by Crippen LogP contribution is 2.19. The highest BCUT2D eigenvalue weighted by atomic mass is 19.1. The Morgan fingerprint density at radius 2 is 1.71 bits per heavy atom. The molecule has 0 fully saturated rings. The summed E-state index contributed by atoms with van der Waals surface area (Å²) in [6.07, 6.45) is 0. The lowest BCUT2D eigenvalue weighted by atomic mass is 10.1. The number of hydrogen-bond acceptors (Lipinski definition) is 3. The summed E-state index contributed by atoms with van der Waals surface area (Å²) in [5.41, 5.74) is 2.64. The van der Waals surface area contributed by atoms with Crippen LogP contribution in [0.25, 0.3) is 0 Å². The normalized spacial score (nSPS) is 10.1. The van der Waals surface area contributed by atoms with E-state index >= 15 is 0 Å². The van der Waals surface area contributed by atoms with Crippen LogP contribution in [0.4, 0.5) is 10.1 Å². The van der Waals surface area contributed by atoms with E-state index in [0.717, 1.165) is 16.8 Å². The molecule has 6 heteroatoms. The van der Waals surface area contributed by atoms with Crippen molar-refractivity contribution in [3.63, 3.8) is 0 Å². The van der Waals surface area contributed by atoms with Crippen molar-refractivity contribution in [2.75, 3.05) is 18.5 Å². The number of halogens is 1. The van der Waals surface area contributed by atoms with Crippen LogP contribution in [0.1, 0.15) is 11.1 Å². The van der Waals surface area contributed by atoms with Crippen molar-refractivity contribution in [1.29, 1.82) is 0 Å². The number of para-hydroxylation sites is 1. The van der Waals surface area contributed by atoms with Gasteiger partial charge in [0.15, 0.2) is 6.61 Å². The molecule has 0 heterocycles. The maximum atomic E-state index is 13.0. The summed E-state index contributed by atoms with van der Waals surface area (Å²) in [6, 6.07) is 11.2. The van der Waals surface area contributed by atoms with E-state index in [1.165, 1.54) is 18.2 Å². The second-order valence-corrected chi connectivity index (χ2v) is 5.34. The van der Waals surface area contributed by atoms with Crippen LogP contribution in [-0.2, 0) is 9.59 Å². The minimum absolute atomic E-state index is 0.168. The summed E-state index contributed by atoms with van der Waals surface area (Å²) < 4.78 is 18.1. The molecule has 2 aromatic rings. The fourth-order valence-corrected chi connectivity index (χ4v) is 2.13. The number of nitrogens with one attached hydrogen (secondary N) is 2. The van der Waals surface area contributed by atoms with Crippen LogP contribution in [0.5, 0.6) is 5.75 Å². The highest BCUT2D eigenvalue weighted by Gasteiger charge is 2.09. The minimum Gasteiger partial charge on any atom is -0.484 e. The molecule has 0 aliphatic heterocycles. The van der Waals surface area contributed by atoms with Gasteiger partial charge in [0, 0.05) is 11.8 Å². The number of anilines is 1. The predicted molar refractivity (Wildman–Crippen MR) is 89.5 cm³/mol. The standard InChI is InChI=1S/C18H19FN2O3/c1-12-5-3-6-13(2)18(12)21-16(22)10-20-17(23)11-24-15-8-4-7-14(19)9-15/h3-9H,10-11H2,1-2H3,(H,20,23)(H,21,22). The summed E-state index contributed by atoms with van der Waals surface area (Å²) in [5, 5.41) is 5.23. The summed E-state index contributed by atoms with van der Waals surface area (Å²) >= 11 is 0. The van der Waals surface area contributed by atoms with Crippen LogP contribution in [0.2, 0.25) is 0 Å². The van der Waals surface area contributed by atoms with E-state index in [2.05, 4.69) is 10.6 Å². The molecule has 0 saturated carbocycles. The van der Waals surface area contributed by atoms with Gasteiger partial charge in [-0.25, -0.2) is 4.39 Å². The van der Waals surface area contributed by atoms with E-state index in [-0.39, 0.29) is 24.8 Å². The van der Waals surface area contributed by atoms with E-state index < -0.39 is 11.7 Å². The fraction of sp³-hybridized carbons (Fsp3) is 0.222. The van der Waals surface area contributed by atoms with Crippen LogP contribution in [0.15, 0.2) is 42.5 Å². The van der Waals surface area contributed by atoms with Crippen molar-refractivity contribution >= 4 is 17.5 Å². The van der Waals surface area contributed by atoms with Gasteiger partial charge in [0.2, 0.25) is 5.91 Å². The molecule has 2 N–H and O–H groups in total. The number of rotatable bonds is 6. The lowest BCUT2D eigenvalue weighted by molar-refractivity contribution is -0.125. The van der Waals surface area contributed by atoms with Crippen molar-refractivity contribution in [2.24, 2.45) is 0 Å². The van der Waals surface area contributed by atoms with Crippen LogP contribution < -0.4 is 15.4 Å². The molecule has 0 aliphatic rings. The average molecular weight is 330 g/mol. The second kappa shape index (κ2) is 8.10. The average Bonchev–Trinajstić information content (AvgIpc) is 2.54. The SMILES string of the molecule is Cc1cccc(C)c1NC(=O)CNC(=O)COc1cccc(F)c1. The third-order valence-electron chi connectivity index (χ3n) is 3.36. The quantitative estimate of drug-likeness (QED) is 0.855. The van der Waals surface area contributed by atoms with Gasteiger partial charge in [0.05, 0.1) is 6.54 Å². The van der Waals surface area contributed by atoms with E-state index in [0.29, 0.717) is 0 Å². The van der Waals surface area contributed by atoms with Crippen molar-refractivity contribution < 1.29 is 18.7 Å². The summed E-state index contributed by atoms with van der Waals surface area (Å²) in [4.78, 5) is 23.6. The Bertz CT molecular complexity index is 727. The third-order valence-corrected chi connectivity index (χ3v) is 3.36. The molecule has 0 aliphatic carbocycles. The molecule has 126 valence electrons. The van der Waals surface area contributed by atoms with Crippen molar-refractivity contribution in [1.82, 2.24) is 5.32 Å². The first-order valence-corrected chi connectivity index (χ1v) is 7.47. The Morgan fingerprint density at radius 1 is 1.04 bits per heavy atom. The molecule has 0 saturated heterocycles. The van der Waals surface area contributed by atoms with Gasteiger partial charge >= 0.3 is 0 Å². The van der Waals surface area contributed by atoms with Gasteiger partial charge in [-0.05, 0) is 37.1 Å². The zero-order valence-electron chi connectivity index (χ0n) is 13.6. The topological polar surface area (TPSA) is 67.4 Å². The van der Waals surface area contributed by atoms with Crippen molar-refractivity contribution in [2.45, 2.75) is 13.8 Å². The van der Waals surface area contributed by atoms with Crippen LogP contribution >= 0.6 is 0 Å². The zero-order chi connectivity index (χ0) is 17.5. The Labute approximate surface area is 139 Å². The number of carbonyl (C=O) groups is 2. The molecule has 2 rings (SSSR count). The molecule has 5 nitrogen and oxygen atoms in total. The van der Waals surface area contributed by atoms with E-state index in [1.807, 2.05) is 32.0 Å². The molecular weight excluding hydrogens is 311 g/mol. The summed E-state index contributed by atoms with van der Waals surface area (Å²) in [7, 11) is 0. The smallest absolute Gasteiger partial charge is 0.258 e. The van der Waals surface area contributed by atoms with Crippen molar-refractivity contribution in [3.05, 3.63) is 59.4 Å². The van der Waals surface area contributed by atoms with E-state index in [9.17, 15) is 14.0 Å². The van der Waals surface area contributed by atoms with Gasteiger partial charge in [0.25, 0.3) is 5.91 Å². The molecule has 2 aromatic carbocycles. The maximum Gasteiger partial charge on any atom is 0.258 e. The van der Waals surface area contributed by atoms with E-state index in [4.69, 9.17) is 4.74 Å². The molecule has 0 bridgehead atoms. The number of hydrogen-bond donors (Lipinski definition) is 2. The molecule has 24 heavy (non-hydrogen) atoms. The van der Waals surface area contributed by atoms with Gasteiger partial charge < -0.3 is 15.4 Å².